The number of hydrogen-bond acceptors (Lipinski definition) is 4. The molecule has 5 nitrogen and oxygen atoms in total. The van der Waals surface area contributed by atoms with Gasteiger partial charge in [-0.2, -0.15) is 0 Å². The number of carbonyl (C=O) groups excluding carboxylic acids is 1. The molecule has 0 aliphatic rings. The number of halogens is 1. The predicted molar refractivity (Wildman–Crippen MR) is 69.1 cm³/mol. The predicted octanol–water partition coefficient (Wildman–Crippen LogP) is 1.31. The molecule has 0 heterocycles. The number of hydrogen-bond donors (Lipinski definition) is 2. The topological polar surface area (TPSA) is 67.6 Å². The summed E-state index contributed by atoms with van der Waals surface area (Å²) in [5.74, 6) is -0.555. The molecule has 3 N–H and O–H groups in total. The van der Waals surface area contributed by atoms with Crippen LogP contribution in [0, 0.1) is 5.82 Å². The van der Waals surface area contributed by atoms with E-state index in [1.807, 2.05) is 0 Å². The van der Waals surface area contributed by atoms with Crippen LogP contribution in [0.3, 0.4) is 0 Å². The number of ether oxygens (including phenoxy) is 1. The molecule has 0 fully saturated rings. The van der Waals surface area contributed by atoms with Gasteiger partial charge < -0.3 is 20.7 Å². The Morgan fingerprint density at radius 2 is 2.11 bits per heavy atom. The number of carbonyl (C=O) groups is 1. The summed E-state index contributed by atoms with van der Waals surface area (Å²) in [7, 11) is 4.69. The van der Waals surface area contributed by atoms with Gasteiger partial charge in [0.2, 0.25) is 5.91 Å². The van der Waals surface area contributed by atoms with E-state index in [2.05, 4.69) is 5.32 Å². The quantitative estimate of drug-likeness (QED) is 0.796. The molecule has 0 aliphatic carbocycles. The highest BCUT2D eigenvalue weighted by atomic mass is 19.1. The fraction of sp³-hybridized carbons (Fsp3) is 0.417. The maximum absolute atomic E-state index is 13.3. The van der Waals surface area contributed by atoms with Gasteiger partial charge in [0.05, 0.1) is 18.5 Å². The first-order valence-electron chi connectivity index (χ1n) is 5.47. The minimum absolute atomic E-state index is 0.0798. The van der Waals surface area contributed by atoms with E-state index in [9.17, 15) is 9.18 Å². The van der Waals surface area contributed by atoms with Gasteiger partial charge in [-0.3, -0.25) is 4.79 Å². The summed E-state index contributed by atoms with van der Waals surface area (Å²) in [6.07, 6.45) is 0. The van der Waals surface area contributed by atoms with Crippen molar-refractivity contribution in [1.82, 2.24) is 4.90 Å². The van der Waals surface area contributed by atoms with E-state index in [0.29, 0.717) is 5.69 Å². The van der Waals surface area contributed by atoms with Crippen molar-refractivity contribution in [1.29, 1.82) is 0 Å². The third-order valence-electron chi connectivity index (χ3n) is 2.51. The summed E-state index contributed by atoms with van der Waals surface area (Å²) in [6, 6.07) is 2.13. The molecular weight excluding hydrogens is 237 g/mol. The van der Waals surface area contributed by atoms with E-state index in [1.165, 1.54) is 18.1 Å². The molecule has 1 amide bonds. The third-order valence-corrected chi connectivity index (χ3v) is 2.51. The summed E-state index contributed by atoms with van der Waals surface area (Å²) in [5.41, 5.74) is 6.38. The molecule has 1 unspecified atom stereocenters. The minimum atomic E-state index is -0.535. The van der Waals surface area contributed by atoms with Gasteiger partial charge >= 0.3 is 0 Å². The standard InChI is InChI=1S/C12H18FN3O2/c1-7(12(17)16(2)3)15-10-6-11(18-4)8(13)5-9(10)14/h5-7,15H,14H2,1-4H3. The van der Waals surface area contributed by atoms with Crippen LogP contribution >= 0.6 is 0 Å². The first-order valence-corrected chi connectivity index (χ1v) is 5.47. The second-order valence-corrected chi connectivity index (χ2v) is 4.17. The van der Waals surface area contributed by atoms with Crippen molar-refractivity contribution in [3.63, 3.8) is 0 Å². The molecule has 1 aromatic rings. The summed E-state index contributed by atoms with van der Waals surface area (Å²) >= 11 is 0. The number of amides is 1. The van der Waals surface area contributed by atoms with E-state index in [1.54, 1.807) is 21.0 Å². The highest BCUT2D eigenvalue weighted by molar-refractivity contribution is 5.85. The van der Waals surface area contributed by atoms with E-state index in [-0.39, 0.29) is 17.3 Å². The number of nitrogen functional groups attached to an aromatic ring is 1. The van der Waals surface area contributed by atoms with Crippen molar-refractivity contribution in [2.45, 2.75) is 13.0 Å². The molecule has 0 bridgehead atoms. The summed E-state index contributed by atoms with van der Waals surface area (Å²) in [5, 5.41) is 2.93. The number of benzene rings is 1. The summed E-state index contributed by atoms with van der Waals surface area (Å²) in [6.45, 7) is 1.71. The van der Waals surface area contributed by atoms with Crippen LogP contribution in [0.5, 0.6) is 5.75 Å². The Kier molecular flexibility index (Phi) is 4.36. The van der Waals surface area contributed by atoms with Crippen LogP contribution in [-0.2, 0) is 4.79 Å². The molecular formula is C12H18FN3O2. The van der Waals surface area contributed by atoms with Crippen LogP contribution < -0.4 is 15.8 Å². The smallest absolute Gasteiger partial charge is 0.244 e. The molecule has 0 aromatic heterocycles. The Labute approximate surface area is 106 Å². The van der Waals surface area contributed by atoms with Crippen molar-refractivity contribution >= 4 is 17.3 Å². The van der Waals surface area contributed by atoms with Crippen LogP contribution in [0.2, 0.25) is 0 Å². The zero-order chi connectivity index (χ0) is 13.9. The highest BCUT2D eigenvalue weighted by Gasteiger charge is 2.17. The van der Waals surface area contributed by atoms with E-state index >= 15 is 0 Å². The Morgan fingerprint density at radius 3 is 2.61 bits per heavy atom. The summed E-state index contributed by atoms with van der Waals surface area (Å²) in [4.78, 5) is 13.2. The molecule has 1 aromatic carbocycles. The number of nitrogens with two attached hydrogens (primary N) is 1. The monoisotopic (exact) mass is 255 g/mol. The van der Waals surface area contributed by atoms with Crippen LogP contribution in [0.4, 0.5) is 15.8 Å². The van der Waals surface area contributed by atoms with Crippen molar-refractivity contribution in [3.8, 4) is 5.75 Å². The highest BCUT2D eigenvalue weighted by Crippen LogP contribution is 2.28. The molecule has 0 spiro atoms. The van der Waals surface area contributed by atoms with Crippen LogP contribution in [0.15, 0.2) is 12.1 Å². The van der Waals surface area contributed by atoms with E-state index in [0.717, 1.165) is 6.07 Å². The first-order chi connectivity index (χ1) is 8.36. The average molecular weight is 255 g/mol. The molecule has 0 saturated heterocycles. The van der Waals surface area contributed by atoms with Gasteiger partial charge in [-0.15, -0.1) is 0 Å². The molecule has 1 atom stereocenters. The van der Waals surface area contributed by atoms with Crippen LogP contribution in [0.1, 0.15) is 6.92 Å². The number of nitrogens with zero attached hydrogens (tertiary/aromatic N) is 1. The zero-order valence-corrected chi connectivity index (χ0v) is 11.0. The fourth-order valence-electron chi connectivity index (χ4n) is 1.53. The number of methoxy groups -OCH3 is 1. The lowest BCUT2D eigenvalue weighted by atomic mass is 10.2. The zero-order valence-electron chi connectivity index (χ0n) is 11.0. The lowest BCUT2D eigenvalue weighted by Gasteiger charge is -2.20. The molecule has 100 valence electrons. The molecule has 0 saturated carbocycles. The normalized spacial score (nSPS) is 11.8. The van der Waals surface area contributed by atoms with Gasteiger partial charge in [-0.1, -0.05) is 0 Å². The van der Waals surface area contributed by atoms with Crippen molar-refractivity contribution in [2.75, 3.05) is 32.3 Å². The van der Waals surface area contributed by atoms with E-state index < -0.39 is 11.9 Å². The molecule has 6 heteroatoms. The largest absolute Gasteiger partial charge is 0.494 e. The molecule has 18 heavy (non-hydrogen) atoms. The Hall–Kier alpha value is -1.98. The minimum Gasteiger partial charge on any atom is -0.494 e. The second kappa shape index (κ2) is 5.57. The van der Waals surface area contributed by atoms with Gasteiger partial charge in [-0.05, 0) is 6.92 Å². The second-order valence-electron chi connectivity index (χ2n) is 4.17. The van der Waals surface area contributed by atoms with Gasteiger partial charge in [0.25, 0.3) is 0 Å². The van der Waals surface area contributed by atoms with Crippen molar-refractivity contribution in [3.05, 3.63) is 17.9 Å². The van der Waals surface area contributed by atoms with Crippen LogP contribution in [-0.4, -0.2) is 38.1 Å². The number of likely N-dealkylation sites (N-methyl/N-ethyl adjacent to an activating group) is 1. The third kappa shape index (κ3) is 3.03. The van der Waals surface area contributed by atoms with Crippen LogP contribution in [0.25, 0.3) is 0 Å². The summed E-state index contributed by atoms with van der Waals surface area (Å²) < 4.78 is 18.2. The van der Waals surface area contributed by atoms with Gasteiger partial charge in [0.15, 0.2) is 11.6 Å². The molecule has 1 rings (SSSR count). The molecule has 0 radical (unpaired) electrons. The molecule has 0 aliphatic heterocycles. The van der Waals surface area contributed by atoms with Crippen molar-refractivity contribution < 1.29 is 13.9 Å². The SMILES string of the molecule is COc1cc(NC(C)C(=O)N(C)C)c(N)cc1F. The van der Waals surface area contributed by atoms with E-state index in [4.69, 9.17) is 10.5 Å². The Morgan fingerprint density at radius 1 is 1.50 bits per heavy atom. The number of rotatable bonds is 4. The number of nitrogens with one attached hydrogen (secondary N) is 1. The fourth-order valence-corrected chi connectivity index (χ4v) is 1.53. The number of anilines is 2. The maximum Gasteiger partial charge on any atom is 0.244 e. The maximum atomic E-state index is 13.3. The average Bonchev–Trinajstić information content (AvgIpc) is 2.31. The lowest BCUT2D eigenvalue weighted by molar-refractivity contribution is -0.129. The van der Waals surface area contributed by atoms with Crippen molar-refractivity contribution in [2.24, 2.45) is 0 Å². The first kappa shape index (κ1) is 14.1. The van der Waals surface area contributed by atoms with Gasteiger partial charge in [0.1, 0.15) is 6.04 Å². The Balaban J connectivity index is 2.94. The van der Waals surface area contributed by atoms with Gasteiger partial charge in [-0.25, -0.2) is 4.39 Å². The Bertz CT molecular complexity index is 449. The van der Waals surface area contributed by atoms with Gasteiger partial charge in [0, 0.05) is 26.2 Å². The lowest BCUT2D eigenvalue weighted by Crippen LogP contribution is -2.36.